The first kappa shape index (κ1) is 15.0. The molecule has 1 heterocycles. The third kappa shape index (κ3) is 4.32. The summed E-state index contributed by atoms with van der Waals surface area (Å²) in [6.07, 6.45) is 7.51. The van der Waals surface area contributed by atoms with Crippen LogP contribution in [0, 0.1) is 17.8 Å². The van der Waals surface area contributed by atoms with Crippen LogP contribution in [0.3, 0.4) is 0 Å². The second-order valence-corrected chi connectivity index (χ2v) is 5.60. The number of carbonyl (C=O) groups excluding carboxylic acids is 1. The molecule has 0 saturated carbocycles. The summed E-state index contributed by atoms with van der Waals surface area (Å²) in [4.78, 5) is 14.0. The van der Waals surface area contributed by atoms with Gasteiger partial charge in [0.2, 0.25) is 5.91 Å². The third-order valence-corrected chi connectivity index (χ3v) is 3.58. The quantitative estimate of drug-likeness (QED) is 0.697. The Labute approximate surface area is 110 Å². The predicted octanol–water partition coefficient (Wildman–Crippen LogP) is 0.446. The molecule has 1 amide bonds. The van der Waals surface area contributed by atoms with Gasteiger partial charge in [0, 0.05) is 32.7 Å². The maximum Gasteiger partial charge on any atom is 0.226 e. The summed E-state index contributed by atoms with van der Waals surface area (Å²) in [5, 5.41) is 6.21. The van der Waals surface area contributed by atoms with Gasteiger partial charge < -0.3 is 10.6 Å². The predicted molar refractivity (Wildman–Crippen MR) is 74.1 cm³/mol. The van der Waals surface area contributed by atoms with Crippen LogP contribution in [0.15, 0.2) is 0 Å². The highest BCUT2D eigenvalue weighted by molar-refractivity contribution is 5.81. The molecule has 0 radical (unpaired) electrons. The number of nitrogens with zero attached hydrogens (tertiary/aromatic N) is 1. The van der Waals surface area contributed by atoms with E-state index in [4.69, 9.17) is 6.42 Å². The normalized spacial score (nSPS) is 18.3. The Balaban J connectivity index is 2.30. The second-order valence-electron chi connectivity index (χ2n) is 5.60. The lowest BCUT2D eigenvalue weighted by atomic mass is 9.91. The lowest BCUT2D eigenvalue weighted by molar-refractivity contribution is -0.128. The number of rotatable bonds is 5. The van der Waals surface area contributed by atoms with E-state index in [0.717, 1.165) is 32.5 Å². The molecule has 0 bridgehead atoms. The zero-order valence-electron chi connectivity index (χ0n) is 11.8. The van der Waals surface area contributed by atoms with Crippen molar-refractivity contribution in [3.05, 3.63) is 0 Å². The molecule has 0 atom stereocenters. The second kappa shape index (κ2) is 6.77. The molecule has 0 aromatic rings. The average Bonchev–Trinajstić information content (AvgIpc) is 2.37. The van der Waals surface area contributed by atoms with Crippen LogP contribution in [0.1, 0.15) is 26.7 Å². The molecule has 1 aliphatic rings. The standard InChI is InChI=1S/C14H25N3O/c1-5-8-17-9-6-12(7-10-17)16-11-14(2,3)13(18)15-4/h1,12,16H,6-11H2,2-4H3,(H,15,18). The van der Waals surface area contributed by atoms with Crippen molar-refractivity contribution >= 4 is 5.91 Å². The molecule has 0 unspecified atom stereocenters. The van der Waals surface area contributed by atoms with Crippen LogP contribution in [0.2, 0.25) is 0 Å². The van der Waals surface area contributed by atoms with Crippen molar-refractivity contribution < 1.29 is 4.79 Å². The number of carbonyl (C=O) groups is 1. The van der Waals surface area contributed by atoms with Gasteiger partial charge in [-0.3, -0.25) is 9.69 Å². The van der Waals surface area contributed by atoms with Crippen molar-refractivity contribution in [2.24, 2.45) is 5.41 Å². The van der Waals surface area contributed by atoms with Crippen LogP contribution in [-0.2, 0) is 4.79 Å². The number of terminal acetylenes is 1. The van der Waals surface area contributed by atoms with Crippen molar-refractivity contribution in [2.45, 2.75) is 32.7 Å². The topological polar surface area (TPSA) is 44.4 Å². The Hall–Kier alpha value is -1.05. The fourth-order valence-electron chi connectivity index (χ4n) is 2.24. The third-order valence-electron chi connectivity index (χ3n) is 3.58. The Morgan fingerprint density at radius 3 is 2.56 bits per heavy atom. The zero-order chi connectivity index (χ0) is 13.6. The Bertz CT molecular complexity index is 311. The summed E-state index contributed by atoms with van der Waals surface area (Å²) in [5.74, 6) is 2.77. The fourth-order valence-corrected chi connectivity index (χ4v) is 2.24. The number of piperidine rings is 1. The van der Waals surface area contributed by atoms with E-state index in [-0.39, 0.29) is 11.3 Å². The highest BCUT2D eigenvalue weighted by atomic mass is 16.2. The van der Waals surface area contributed by atoms with E-state index < -0.39 is 0 Å². The van der Waals surface area contributed by atoms with Gasteiger partial charge in [0.15, 0.2) is 0 Å². The van der Waals surface area contributed by atoms with Crippen molar-refractivity contribution in [3.8, 4) is 12.3 Å². The highest BCUT2D eigenvalue weighted by Crippen LogP contribution is 2.16. The highest BCUT2D eigenvalue weighted by Gasteiger charge is 2.28. The first-order chi connectivity index (χ1) is 8.49. The van der Waals surface area contributed by atoms with Gasteiger partial charge >= 0.3 is 0 Å². The van der Waals surface area contributed by atoms with Crippen molar-refractivity contribution in [3.63, 3.8) is 0 Å². The minimum Gasteiger partial charge on any atom is -0.359 e. The first-order valence-electron chi connectivity index (χ1n) is 6.61. The minimum atomic E-state index is -0.356. The molecule has 2 N–H and O–H groups in total. The van der Waals surface area contributed by atoms with Crippen molar-refractivity contribution in [2.75, 3.05) is 33.2 Å². The molecule has 0 aromatic heterocycles. The van der Waals surface area contributed by atoms with Gasteiger partial charge in [-0.1, -0.05) is 5.92 Å². The molecule has 1 saturated heterocycles. The van der Waals surface area contributed by atoms with Crippen molar-refractivity contribution in [1.29, 1.82) is 0 Å². The van der Waals surface area contributed by atoms with Crippen LogP contribution in [0.4, 0.5) is 0 Å². The van der Waals surface area contributed by atoms with Crippen LogP contribution >= 0.6 is 0 Å². The Morgan fingerprint density at radius 2 is 2.06 bits per heavy atom. The number of hydrogen-bond acceptors (Lipinski definition) is 3. The maximum absolute atomic E-state index is 11.7. The SMILES string of the molecule is C#CCN1CCC(NCC(C)(C)C(=O)NC)CC1. The summed E-state index contributed by atoms with van der Waals surface area (Å²) >= 11 is 0. The van der Waals surface area contributed by atoms with E-state index in [0.29, 0.717) is 12.6 Å². The van der Waals surface area contributed by atoms with E-state index in [2.05, 4.69) is 21.5 Å². The molecule has 0 aromatic carbocycles. The number of likely N-dealkylation sites (tertiary alicyclic amines) is 1. The average molecular weight is 251 g/mol. The monoisotopic (exact) mass is 251 g/mol. The number of amides is 1. The summed E-state index contributed by atoms with van der Waals surface area (Å²) in [6, 6.07) is 0.503. The lowest BCUT2D eigenvalue weighted by Gasteiger charge is -2.33. The molecule has 1 aliphatic heterocycles. The maximum atomic E-state index is 11.7. The molecule has 4 heteroatoms. The van der Waals surface area contributed by atoms with Crippen molar-refractivity contribution in [1.82, 2.24) is 15.5 Å². The summed E-state index contributed by atoms with van der Waals surface area (Å²) < 4.78 is 0. The molecule has 0 spiro atoms. The molecular formula is C14H25N3O. The summed E-state index contributed by atoms with van der Waals surface area (Å²) in [5.41, 5.74) is -0.356. The molecule has 4 nitrogen and oxygen atoms in total. The first-order valence-corrected chi connectivity index (χ1v) is 6.61. The van der Waals surface area contributed by atoms with E-state index in [1.54, 1.807) is 7.05 Å². The largest absolute Gasteiger partial charge is 0.359 e. The number of hydrogen-bond donors (Lipinski definition) is 2. The molecule has 102 valence electrons. The van der Waals surface area contributed by atoms with Gasteiger partial charge in [0.1, 0.15) is 0 Å². The van der Waals surface area contributed by atoms with E-state index in [9.17, 15) is 4.79 Å². The fraction of sp³-hybridized carbons (Fsp3) is 0.786. The summed E-state index contributed by atoms with van der Waals surface area (Å²) in [7, 11) is 1.68. The van der Waals surface area contributed by atoms with E-state index in [1.807, 2.05) is 13.8 Å². The minimum absolute atomic E-state index is 0.0831. The smallest absolute Gasteiger partial charge is 0.226 e. The van der Waals surface area contributed by atoms with Gasteiger partial charge in [0.05, 0.1) is 12.0 Å². The van der Waals surface area contributed by atoms with Crippen LogP contribution in [-0.4, -0.2) is 50.1 Å². The van der Waals surface area contributed by atoms with Gasteiger partial charge in [0.25, 0.3) is 0 Å². The van der Waals surface area contributed by atoms with Gasteiger partial charge in [-0.2, -0.15) is 0 Å². The Kier molecular flexibility index (Phi) is 5.64. The van der Waals surface area contributed by atoms with Crippen LogP contribution < -0.4 is 10.6 Å². The lowest BCUT2D eigenvalue weighted by Crippen LogP contribution is -2.48. The Morgan fingerprint density at radius 1 is 1.44 bits per heavy atom. The van der Waals surface area contributed by atoms with E-state index >= 15 is 0 Å². The van der Waals surface area contributed by atoms with E-state index in [1.165, 1.54) is 0 Å². The molecular weight excluding hydrogens is 226 g/mol. The molecule has 0 aliphatic carbocycles. The van der Waals surface area contributed by atoms with Crippen LogP contribution in [0.25, 0.3) is 0 Å². The number of nitrogens with one attached hydrogen (secondary N) is 2. The van der Waals surface area contributed by atoms with Gasteiger partial charge in [-0.15, -0.1) is 6.42 Å². The van der Waals surface area contributed by atoms with Gasteiger partial charge in [-0.25, -0.2) is 0 Å². The van der Waals surface area contributed by atoms with Gasteiger partial charge in [-0.05, 0) is 26.7 Å². The molecule has 18 heavy (non-hydrogen) atoms. The zero-order valence-corrected chi connectivity index (χ0v) is 11.8. The van der Waals surface area contributed by atoms with Crippen LogP contribution in [0.5, 0.6) is 0 Å². The summed E-state index contributed by atoms with van der Waals surface area (Å²) in [6.45, 7) is 7.48. The molecule has 1 fully saturated rings. The molecule has 1 rings (SSSR count).